The van der Waals surface area contributed by atoms with Gasteiger partial charge in [0.25, 0.3) is 0 Å². The molecular weight excluding hydrogens is 184 g/mol. The molecule has 1 N–H and O–H groups in total. The van der Waals surface area contributed by atoms with E-state index in [0.717, 1.165) is 6.04 Å². The molecule has 1 unspecified atom stereocenters. The third-order valence-electron chi connectivity index (χ3n) is 3.40. The Balaban J connectivity index is 2.00. The summed E-state index contributed by atoms with van der Waals surface area (Å²) >= 11 is 0. The van der Waals surface area contributed by atoms with Gasteiger partial charge in [-0.05, 0) is 64.7 Å². The van der Waals surface area contributed by atoms with Gasteiger partial charge in [0, 0.05) is 6.04 Å². The summed E-state index contributed by atoms with van der Waals surface area (Å²) in [6.45, 7) is 9.73. The summed E-state index contributed by atoms with van der Waals surface area (Å²) in [7, 11) is 0. The SMILES string of the molecule is CCCNC(CC)CCCN1CCCC1. The normalized spacial score (nSPS) is 19.6. The van der Waals surface area contributed by atoms with Crippen molar-refractivity contribution >= 4 is 0 Å². The van der Waals surface area contributed by atoms with Crippen molar-refractivity contribution in [1.29, 1.82) is 0 Å². The van der Waals surface area contributed by atoms with Crippen molar-refractivity contribution in [2.45, 2.75) is 58.4 Å². The topological polar surface area (TPSA) is 15.3 Å². The van der Waals surface area contributed by atoms with Gasteiger partial charge in [-0.15, -0.1) is 0 Å². The lowest BCUT2D eigenvalue weighted by Gasteiger charge is -2.19. The monoisotopic (exact) mass is 212 g/mol. The maximum atomic E-state index is 3.63. The van der Waals surface area contributed by atoms with Crippen LogP contribution in [0.4, 0.5) is 0 Å². The van der Waals surface area contributed by atoms with Gasteiger partial charge >= 0.3 is 0 Å². The summed E-state index contributed by atoms with van der Waals surface area (Å²) in [6.07, 6.45) is 8.10. The average Bonchev–Trinajstić information content (AvgIpc) is 2.76. The molecule has 1 aliphatic rings. The fraction of sp³-hybridized carbons (Fsp3) is 1.00. The molecule has 0 amide bonds. The molecule has 2 heteroatoms. The van der Waals surface area contributed by atoms with Crippen molar-refractivity contribution in [3.8, 4) is 0 Å². The summed E-state index contributed by atoms with van der Waals surface area (Å²) in [5.74, 6) is 0. The minimum absolute atomic E-state index is 0.757. The van der Waals surface area contributed by atoms with Crippen molar-refractivity contribution in [3.63, 3.8) is 0 Å². The van der Waals surface area contributed by atoms with E-state index in [2.05, 4.69) is 24.1 Å². The fourth-order valence-corrected chi connectivity index (χ4v) is 2.37. The van der Waals surface area contributed by atoms with Crippen molar-refractivity contribution in [2.24, 2.45) is 0 Å². The first-order chi connectivity index (χ1) is 7.36. The minimum atomic E-state index is 0.757. The van der Waals surface area contributed by atoms with E-state index in [1.165, 1.54) is 64.7 Å². The molecule has 0 aromatic heterocycles. The molecule has 1 atom stereocenters. The van der Waals surface area contributed by atoms with Gasteiger partial charge in [0.05, 0.1) is 0 Å². The molecule has 0 radical (unpaired) electrons. The number of rotatable bonds is 8. The average molecular weight is 212 g/mol. The van der Waals surface area contributed by atoms with E-state index >= 15 is 0 Å². The molecule has 90 valence electrons. The largest absolute Gasteiger partial charge is 0.314 e. The van der Waals surface area contributed by atoms with Gasteiger partial charge < -0.3 is 10.2 Å². The maximum Gasteiger partial charge on any atom is 0.00649 e. The number of nitrogens with one attached hydrogen (secondary N) is 1. The van der Waals surface area contributed by atoms with E-state index in [1.807, 2.05) is 0 Å². The lowest BCUT2D eigenvalue weighted by molar-refractivity contribution is 0.317. The van der Waals surface area contributed by atoms with E-state index < -0.39 is 0 Å². The van der Waals surface area contributed by atoms with Crippen molar-refractivity contribution in [1.82, 2.24) is 10.2 Å². The van der Waals surface area contributed by atoms with Crippen LogP contribution in [0.5, 0.6) is 0 Å². The Morgan fingerprint density at radius 1 is 1.20 bits per heavy atom. The molecule has 1 fully saturated rings. The standard InChI is InChI=1S/C13H28N2/c1-3-9-14-13(4-2)8-7-12-15-10-5-6-11-15/h13-14H,3-12H2,1-2H3. The molecule has 2 nitrogen and oxygen atoms in total. The Labute approximate surface area is 95.4 Å². The van der Waals surface area contributed by atoms with Crippen molar-refractivity contribution < 1.29 is 0 Å². The van der Waals surface area contributed by atoms with Crippen LogP contribution < -0.4 is 5.32 Å². The molecule has 0 spiro atoms. The van der Waals surface area contributed by atoms with Gasteiger partial charge in [0.1, 0.15) is 0 Å². The van der Waals surface area contributed by atoms with Crippen LogP contribution in [0.15, 0.2) is 0 Å². The Kier molecular flexibility index (Phi) is 7.03. The Morgan fingerprint density at radius 3 is 2.53 bits per heavy atom. The highest BCUT2D eigenvalue weighted by Gasteiger charge is 2.11. The summed E-state index contributed by atoms with van der Waals surface area (Å²) in [6, 6.07) is 0.757. The van der Waals surface area contributed by atoms with Gasteiger partial charge in [0.15, 0.2) is 0 Å². The maximum absolute atomic E-state index is 3.63. The second-order valence-corrected chi connectivity index (χ2v) is 4.75. The molecule has 1 saturated heterocycles. The number of hydrogen-bond donors (Lipinski definition) is 1. The lowest BCUT2D eigenvalue weighted by atomic mass is 10.1. The van der Waals surface area contributed by atoms with Crippen LogP contribution in [0.3, 0.4) is 0 Å². The summed E-state index contributed by atoms with van der Waals surface area (Å²) in [5.41, 5.74) is 0. The first-order valence-corrected chi connectivity index (χ1v) is 6.82. The first-order valence-electron chi connectivity index (χ1n) is 6.82. The quantitative estimate of drug-likeness (QED) is 0.665. The van der Waals surface area contributed by atoms with Gasteiger partial charge in [-0.1, -0.05) is 13.8 Å². The highest BCUT2D eigenvalue weighted by molar-refractivity contribution is 4.69. The second-order valence-electron chi connectivity index (χ2n) is 4.75. The Hall–Kier alpha value is -0.0800. The Morgan fingerprint density at radius 2 is 1.93 bits per heavy atom. The minimum Gasteiger partial charge on any atom is -0.314 e. The van der Waals surface area contributed by atoms with E-state index in [0.29, 0.717) is 0 Å². The molecule has 1 heterocycles. The zero-order valence-electron chi connectivity index (χ0n) is 10.6. The lowest BCUT2D eigenvalue weighted by Crippen LogP contribution is -2.30. The molecule has 0 aromatic rings. The summed E-state index contributed by atoms with van der Waals surface area (Å²) < 4.78 is 0. The van der Waals surface area contributed by atoms with E-state index in [1.54, 1.807) is 0 Å². The number of likely N-dealkylation sites (tertiary alicyclic amines) is 1. The van der Waals surface area contributed by atoms with Crippen LogP contribution in [0.2, 0.25) is 0 Å². The molecule has 1 rings (SSSR count). The second kappa shape index (κ2) is 8.12. The molecular formula is C13H28N2. The zero-order valence-corrected chi connectivity index (χ0v) is 10.6. The molecule has 1 aliphatic heterocycles. The van der Waals surface area contributed by atoms with Gasteiger partial charge in [-0.2, -0.15) is 0 Å². The van der Waals surface area contributed by atoms with E-state index in [4.69, 9.17) is 0 Å². The van der Waals surface area contributed by atoms with Crippen molar-refractivity contribution in [3.05, 3.63) is 0 Å². The number of hydrogen-bond acceptors (Lipinski definition) is 2. The molecule has 0 saturated carbocycles. The van der Waals surface area contributed by atoms with Crippen LogP contribution >= 0.6 is 0 Å². The van der Waals surface area contributed by atoms with Gasteiger partial charge in [0.2, 0.25) is 0 Å². The van der Waals surface area contributed by atoms with Crippen LogP contribution in [-0.4, -0.2) is 37.1 Å². The third kappa shape index (κ3) is 5.53. The summed E-state index contributed by atoms with van der Waals surface area (Å²) in [4.78, 5) is 2.62. The van der Waals surface area contributed by atoms with Crippen LogP contribution in [0.1, 0.15) is 52.4 Å². The predicted octanol–water partition coefficient (Wildman–Crippen LogP) is 2.64. The smallest absolute Gasteiger partial charge is 0.00649 e. The van der Waals surface area contributed by atoms with E-state index in [-0.39, 0.29) is 0 Å². The predicted molar refractivity (Wildman–Crippen MR) is 67.3 cm³/mol. The molecule has 0 aromatic carbocycles. The molecule has 0 aliphatic carbocycles. The number of nitrogens with zero attached hydrogens (tertiary/aromatic N) is 1. The third-order valence-corrected chi connectivity index (χ3v) is 3.40. The van der Waals surface area contributed by atoms with Crippen LogP contribution in [-0.2, 0) is 0 Å². The van der Waals surface area contributed by atoms with Gasteiger partial charge in [-0.25, -0.2) is 0 Å². The van der Waals surface area contributed by atoms with Gasteiger partial charge in [-0.3, -0.25) is 0 Å². The van der Waals surface area contributed by atoms with Crippen molar-refractivity contribution in [2.75, 3.05) is 26.2 Å². The fourth-order valence-electron chi connectivity index (χ4n) is 2.37. The zero-order chi connectivity index (χ0) is 10.9. The first kappa shape index (κ1) is 13.0. The highest BCUT2D eigenvalue weighted by Crippen LogP contribution is 2.10. The van der Waals surface area contributed by atoms with Crippen LogP contribution in [0, 0.1) is 0 Å². The van der Waals surface area contributed by atoms with Crippen LogP contribution in [0.25, 0.3) is 0 Å². The molecule has 15 heavy (non-hydrogen) atoms. The Bertz CT molecular complexity index is 141. The van der Waals surface area contributed by atoms with E-state index in [9.17, 15) is 0 Å². The molecule has 0 bridgehead atoms. The summed E-state index contributed by atoms with van der Waals surface area (Å²) in [5, 5.41) is 3.63. The highest BCUT2D eigenvalue weighted by atomic mass is 15.1.